The normalized spacial score (nSPS) is 15.0. The van der Waals surface area contributed by atoms with Crippen molar-refractivity contribution >= 4 is 44.7 Å². The highest BCUT2D eigenvalue weighted by Gasteiger charge is 2.26. The van der Waals surface area contributed by atoms with Gasteiger partial charge >= 0.3 is 22.8 Å². The number of piperidine rings is 1. The van der Waals surface area contributed by atoms with Crippen molar-refractivity contribution in [2.24, 2.45) is 24.8 Å². The molecule has 1 unspecified atom stereocenters. The van der Waals surface area contributed by atoms with Crippen LogP contribution in [0.2, 0.25) is 0 Å². The molecule has 2 saturated carbocycles. The first kappa shape index (κ1) is 91.4. The summed E-state index contributed by atoms with van der Waals surface area (Å²) in [6.07, 6.45) is 21.8. The lowest BCUT2D eigenvalue weighted by Crippen LogP contribution is -2.34. The van der Waals surface area contributed by atoms with Crippen molar-refractivity contribution < 1.29 is 18.9 Å². The van der Waals surface area contributed by atoms with Gasteiger partial charge in [-0.1, -0.05) is 239 Å². The van der Waals surface area contributed by atoms with Crippen molar-refractivity contribution in [1.82, 2.24) is 82.6 Å². The van der Waals surface area contributed by atoms with Crippen molar-refractivity contribution in [3.63, 3.8) is 0 Å². The van der Waals surface area contributed by atoms with Crippen LogP contribution in [0.25, 0.3) is 90.2 Å². The molecule has 4 aliphatic rings. The number of aromatic amines is 3. The molecule has 25 heteroatoms. The van der Waals surface area contributed by atoms with E-state index in [1.807, 2.05) is 133 Å². The molecule has 2 aliphatic heterocycles. The van der Waals surface area contributed by atoms with E-state index in [4.69, 9.17) is 38.9 Å². The zero-order valence-corrected chi connectivity index (χ0v) is 78.0. The first-order valence-electron chi connectivity index (χ1n) is 47.3. The Balaban J connectivity index is 0.000000124. The van der Waals surface area contributed by atoms with E-state index in [0.717, 1.165) is 119 Å². The summed E-state index contributed by atoms with van der Waals surface area (Å²) in [7, 11) is 3.96. The molecular weight excluding hydrogens is 1660 g/mol. The second-order valence-electron chi connectivity index (χ2n) is 37.4. The largest absolute Gasteiger partial charge is 0.493 e. The molecule has 3 N–H and O–H groups in total. The molecule has 10 heterocycles. The van der Waals surface area contributed by atoms with E-state index in [-0.39, 0.29) is 28.9 Å². The van der Waals surface area contributed by atoms with E-state index in [0.29, 0.717) is 131 Å². The summed E-state index contributed by atoms with van der Waals surface area (Å²) in [4.78, 5) is 99.9. The number of aromatic nitrogens is 16. The number of benzene rings is 8. The van der Waals surface area contributed by atoms with Gasteiger partial charge in [0.25, 0.3) is 0 Å². The minimum atomic E-state index is -0.198. The van der Waals surface area contributed by atoms with Gasteiger partial charge in [0.1, 0.15) is 45.4 Å². The van der Waals surface area contributed by atoms with Gasteiger partial charge in [-0.3, -0.25) is 22.8 Å². The fourth-order valence-corrected chi connectivity index (χ4v) is 18.5. The minimum Gasteiger partial charge on any atom is -0.493 e. The maximum atomic E-state index is 13.2. The Labute approximate surface area is 775 Å². The number of hydrogen-bond donors (Lipinski definition) is 3. The summed E-state index contributed by atoms with van der Waals surface area (Å²) >= 11 is 0. The van der Waals surface area contributed by atoms with Crippen molar-refractivity contribution in [2.45, 2.75) is 188 Å². The van der Waals surface area contributed by atoms with Crippen LogP contribution in [-0.2, 0) is 44.4 Å². The molecule has 0 bridgehead atoms. The zero-order chi connectivity index (χ0) is 92.2. The van der Waals surface area contributed by atoms with Crippen LogP contribution in [0, 0.1) is 17.8 Å². The van der Waals surface area contributed by atoms with Crippen molar-refractivity contribution in [3.8, 4) is 62.8 Å². The maximum absolute atomic E-state index is 13.2. The molecule has 8 aromatic heterocycles. The number of hydrogen-bond acceptors (Lipinski definition) is 17. The Morgan fingerprint density at radius 1 is 0.383 bits per heavy atom. The number of nitrogens with one attached hydrogen (secondary N) is 3. The number of fused-ring (bicyclic) bond motifs is 4. The molecule has 133 heavy (non-hydrogen) atoms. The number of nitrogens with zero attached hydrogens (tertiary/aromatic N) is 14. The number of ether oxygens (including phenoxy) is 4. The summed E-state index contributed by atoms with van der Waals surface area (Å²) in [5, 5.41) is 0. The first-order valence-corrected chi connectivity index (χ1v) is 47.3. The lowest BCUT2D eigenvalue weighted by Gasteiger charge is -2.29. The third-order valence-electron chi connectivity index (χ3n) is 26.0. The Hall–Kier alpha value is -13.5. The van der Waals surface area contributed by atoms with Crippen LogP contribution in [0.1, 0.15) is 200 Å². The Kier molecular flexibility index (Phi) is 28.8. The highest BCUT2D eigenvalue weighted by molar-refractivity contribution is 5.78. The second kappa shape index (κ2) is 41.9. The predicted molar refractivity (Wildman–Crippen MR) is 526 cm³/mol. The first-order chi connectivity index (χ1) is 64.6. The van der Waals surface area contributed by atoms with E-state index in [1.165, 1.54) is 92.1 Å². The second-order valence-corrected chi connectivity index (χ2v) is 37.4. The molecule has 4 fully saturated rings. The number of H-pyrrole nitrogens is 3. The Morgan fingerprint density at radius 3 is 1.23 bits per heavy atom. The quantitative estimate of drug-likeness (QED) is 0.0431. The lowest BCUT2D eigenvalue weighted by atomic mass is 9.97. The van der Waals surface area contributed by atoms with Gasteiger partial charge in [0.2, 0.25) is 0 Å². The van der Waals surface area contributed by atoms with Crippen LogP contribution in [-0.4, -0.2) is 135 Å². The lowest BCUT2D eigenvalue weighted by molar-refractivity contribution is 0.0255. The number of likely N-dealkylation sites (tertiary alicyclic amines) is 1. The smallest absolute Gasteiger partial charge is 0.330 e. The SMILES string of the molecule is CC(C)c1ccccc1-c1ncc2[nH]c(=O)n(Cc3ccc(OC4CCOCC4)cc3)c2n1.CC(C)c1ccccc1-c1ncc2[nH]c(=O)n(Cc3cccc(OCC4CC4)c3)c2n1.CC(C)c1ccccc1-c1ncc2[nH]c(=O)n(Cc3cccc(OCC4CCCN(C)C4)c3)c2n1.CC(C)c1ccccc1-c1ncc2c(n1)n(Cc1cccc(CCC3CCCC3)c1)c(=O)n2C. The molecule has 0 amide bonds. The Bertz CT molecular complexity index is 6970. The van der Waals surface area contributed by atoms with Gasteiger partial charge in [-0.05, 0) is 174 Å². The van der Waals surface area contributed by atoms with Crippen LogP contribution in [0.3, 0.4) is 0 Å². The van der Waals surface area contributed by atoms with Crippen molar-refractivity contribution in [3.05, 3.63) is 311 Å². The van der Waals surface area contributed by atoms with Crippen LogP contribution in [0.4, 0.5) is 0 Å². The van der Waals surface area contributed by atoms with Crippen LogP contribution in [0.15, 0.2) is 238 Å². The summed E-state index contributed by atoms with van der Waals surface area (Å²) in [6.45, 7) is 24.3. The van der Waals surface area contributed by atoms with E-state index < -0.39 is 0 Å². The third kappa shape index (κ3) is 22.1. The van der Waals surface area contributed by atoms with Gasteiger partial charge < -0.3 is 38.8 Å². The van der Waals surface area contributed by atoms with Crippen LogP contribution >= 0.6 is 0 Å². The molecule has 686 valence electrons. The van der Waals surface area contributed by atoms with E-state index in [1.54, 1.807) is 54.7 Å². The van der Waals surface area contributed by atoms with Crippen molar-refractivity contribution in [1.29, 1.82) is 0 Å². The summed E-state index contributed by atoms with van der Waals surface area (Å²) in [5.74, 6) is 8.61. The van der Waals surface area contributed by atoms with Gasteiger partial charge in [0, 0.05) is 54.6 Å². The topological polar surface area (TPSA) is 284 Å². The molecule has 2 saturated heterocycles. The molecular formula is C108H121N17O8. The zero-order valence-electron chi connectivity index (χ0n) is 78.0. The molecule has 0 spiro atoms. The number of aryl methyl sites for hydroxylation is 2. The van der Waals surface area contributed by atoms with E-state index in [9.17, 15) is 19.2 Å². The molecule has 8 aromatic carbocycles. The molecule has 2 aliphatic carbocycles. The molecule has 25 nitrogen and oxygen atoms in total. The monoisotopic (exact) mass is 1780 g/mol. The van der Waals surface area contributed by atoms with Gasteiger partial charge in [0.05, 0.1) is 77.4 Å². The summed E-state index contributed by atoms with van der Waals surface area (Å²) in [6, 6.07) is 65.3. The molecule has 16 aromatic rings. The molecule has 0 radical (unpaired) electrons. The molecule has 1 atom stereocenters. The summed E-state index contributed by atoms with van der Waals surface area (Å²) < 4.78 is 31.9. The number of rotatable bonds is 27. The van der Waals surface area contributed by atoms with Crippen LogP contribution < -0.4 is 37.0 Å². The van der Waals surface area contributed by atoms with Crippen molar-refractivity contribution in [2.75, 3.05) is 46.6 Å². The minimum absolute atomic E-state index is 0.0602. The highest BCUT2D eigenvalue weighted by atomic mass is 16.5. The van der Waals surface area contributed by atoms with Gasteiger partial charge in [-0.15, -0.1) is 0 Å². The standard InChI is InChI=1S/C29H34N4O.C28H33N5O2.C26H28N4O3.C25H26N4O2/c1-20(2)24-13-6-7-14-25(24)27-30-18-26-28(31-27)33(29(34)32(26)3)19-23-12-8-11-22(17-23)16-15-21-9-4-5-10-21;1-19(2)23-11-4-5-12-24(23)26-29-15-25-27(31-26)33(28(34)30-25)17-20-8-6-10-22(14-20)35-18-21-9-7-13-32(3)16-21;1-17(2)21-5-3-4-6-22(21)24-27-15-23-25(29-24)30(26(31)28-23)16-18-7-9-19(10-8-18)33-20-11-13-32-14-12-20;1-16(2)20-8-3-4-9-21(20)23-26-13-22-24(28-23)29(25(30)27-22)14-18-6-5-7-19(12-18)31-15-17-10-11-17/h6-8,11-14,17-18,20-21H,4-5,9-10,15-16,19H2,1-3H3;4-6,8,10-12,14-15,19,21H,7,9,13,16-18H2,1-3H3,(H,30,34);3-10,15,17,20H,11-14,16H2,1-2H3,(H,28,31);3-9,12-13,16-17H,10-11,14-15H2,1-2H3,(H,27,30). The average Bonchev–Trinajstić information content (AvgIpc) is 1.64. The van der Waals surface area contributed by atoms with Gasteiger partial charge in [0.15, 0.2) is 45.9 Å². The summed E-state index contributed by atoms with van der Waals surface area (Å²) in [5.41, 5.74) is 18.8. The van der Waals surface area contributed by atoms with Gasteiger partial charge in [-0.25, -0.2) is 59.0 Å². The number of imidazole rings is 4. The van der Waals surface area contributed by atoms with E-state index >= 15 is 0 Å². The predicted octanol–water partition coefficient (Wildman–Crippen LogP) is 20.0. The fraction of sp³-hybridized carbons (Fsp3) is 0.370. The average molecular weight is 1790 g/mol. The Morgan fingerprint density at radius 2 is 0.782 bits per heavy atom. The van der Waals surface area contributed by atoms with Crippen LogP contribution in [0.5, 0.6) is 17.2 Å². The highest BCUT2D eigenvalue weighted by Crippen LogP contribution is 2.36. The third-order valence-corrected chi connectivity index (χ3v) is 26.0. The molecule has 20 rings (SSSR count). The fourth-order valence-electron chi connectivity index (χ4n) is 18.5. The maximum Gasteiger partial charge on any atom is 0.330 e. The van der Waals surface area contributed by atoms with Gasteiger partial charge in [-0.2, -0.15) is 0 Å². The van der Waals surface area contributed by atoms with E-state index in [2.05, 4.69) is 163 Å².